The van der Waals surface area contributed by atoms with Crippen LogP contribution in [0.1, 0.15) is 43.0 Å². The molecule has 0 spiro atoms. The van der Waals surface area contributed by atoms with Crippen molar-refractivity contribution < 1.29 is 9.90 Å². The van der Waals surface area contributed by atoms with E-state index in [9.17, 15) is 9.90 Å². The number of carbonyl (C=O) groups is 1. The van der Waals surface area contributed by atoms with E-state index in [0.717, 1.165) is 38.2 Å². The number of piperidine rings is 1. The van der Waals surface area contributed by atoms with Crippen LogP contribution in [-0.4, -0.2) is 49.7 Å². The van der Waals surface area contributed by atoms with Crippen molar-refractivity contribution in [3.05, 3.63) is 29.7 Å². The molecule has 1 saturated heterocycles. The standard InChI is InChI=1S/C16H22N4O2/c1-11(2)19-8-6-12(7-9-19)10-15-18-17-14-5-3-4-13(16(21)22)20(14)15/h3-5,11-12H,6-10H2,1-2H3,(H,21,22). The van der Waals surface area contributed by atoms with E-state index in [1.165, 1.54) is 0 Å². The summed E-state index contributed by atoms with van der Waals surface area (Å²) in [6.45, 7) is 6.66. The van der Waals surface area contributed by atoms with Gasteiger partial charge in [0.2, 0.25) is 0 Å². The van der Waals surface area contributed by atoms with Crippen LogP contribution in [0.5, 0.6) is 0 Å². The minimum absolute atomic E-state index is 0.233. The highest BCUT2D eigenvalue weighted by Gasteiger charge is 2.23. The van der Waals surface area contributed by atoms with E-state index in [4.69, 9.17) is 0 Å². The Morgan fingerprint density at radius 3 is 2.68 bits per heavy atom. The third-order valence-corrected chi connectivity index (χ3v) is 4.57. The Labute approximate surface area is 129 Å². The molecule has 1 fully saturated rings. The molecule has 0 aromatic carbocycles. The van der Waals surface area contributed by atoms with Crippen LogP contribution in [0, 0.1) is 5.92 Å². The number of aromatic nitrogens is 3. The lowest BCUT2D eigenvalue weighted by Gasteiger charge is -2.34. The predicted molar refractivity (Wildman–Crippen MR) is 83.1 cm³/mol. The lowest BCUT2D eigenvalue weighted by Crippen LogP contribution is -2.39. The van der Waals surface area contributed by atoms with E-state index in [-0.39, 0.29) is 5.69 Å². The molecule has 1 aliphatic heterocycles. The number of carboxylic acid groups (broad SMARTS) is 1. The summed E-state index contributed by atoms with van der Waals surface area (Å²) >= 11 is 0. The molecule has 0 radical (unpaired) electrons. The SMILES string of the molecule is CC(C)N1CCC(Cc2nnc3cccc(C(=O)O)n23)CC1. The van der Waals surface area contributed by atoms with Crippen LogP contribution in [0.25, 0.3) is 5.65 Å². The quantitative estimate of drug-likeness (QED) is 0.936. The van der Waals surface area contributed by atoms with Gasteiger partial charge in [0.25, 0.3) is 0 Å². The molecular formula is C16H22N4O2. The van der Waals surface area contributed by atoms with Gasteiger partial charge in [-0.3, -0.25) is 4.40 Å². The first-order chi connectivity index (χ1) is 10.6. The largest absolute Gasteiger partial charge is 0.477 e. The highest BCUT2D eigenvalue weighted by atomic mass is 16.4. The van der Waals surface area contributed by atoms with Crippen molar-refractivity contribution in [3.8, 4) is 0 Å². The first-order valence-electron chi connectivity index (χ1n) is 7.86. The second-order valence-electron chi connectivity index (χ2n) is 6.30. The Morgan fingerprint density at radius 2 is 2.05 bits per heavy atom. The smallest absolute Gasteiger partial charge is 0.352 e. The van der Waals surface area contributed by atoms with Gasteiger partial charge in [0.1, 0.15) is 11.5 Å². The van der Waals surface area contributed by atoms with Gasteiger partial charge in [0.15, 0.2) is 5.65 Å². The zero-order valence-corrected chi connectivity index (χ0v) is 13.1. The molecule has 22 heavy (non-hydrogen) atoms. The molecule has 1 N–H and O–H groups in total. The molecular weight excluding hydrogens is 280 g/mol. The van der Waals surface area contributed by atoms with Gasteiger partial charge in [-0.25, -0.2) is 4.79 Å². The minimum Gasteiger partial charge on any atom is -0.477 e. The van der Waals surface area contributed by atoms with Crippen LogP contribution in [0.4, 0.5) is 0 Å². The molecule has 6 nitrogen and oxygen atoms in total. The van der Waals surface area contributed by atoms with Crippen LogP contribution < -0.4 is 0 Å². The van der Waals surface area contributed by atoms with E-state index < -0.39 is 5.97 Å². The third-order valence-electron chi connectivity index (χ3n) is 4.57. The summed E-state index contributed by atoms with van der Waals surface area (Å²) in [5.74, 6) is 0.363. The van der Waals surface area contributed by atoms with Gasteiger partial charge in [-0.2, -0.15) is 0 Å². The van der Waals surface area contributed by atoms with E-state index in [2.05, 4.69) is 28.9 Å². The average Bonchev–Trinajstić information content (AvgIpc) is 2.91. The van der Waals surface area contributed by atoms with E-state index >= 15 is 0 Å². The number of fused-ring (bicyclic) bond motifs is 1. The Hall–Kier alpha value is -1.95. The van der Waals surface area contributed by atoms with Crippen molar-refractivity contribution in [2.75, 3.05) is 13.1 Å². The van der Waals surface area contributed by atoms with Gasteiger partial charge >= 0.3 is 5.97 Å². The number of carboxylic acids is 1. The number of rotatable bonds is 4. The lowest BCUT2D eigenvalue weighted by molar-refractivity contribution is 0.0688. The summed E-state index contributed by atoms with van der Waals surface area (Å²) in [6.07, 6.45) is 3.04. The van der Waals surface area contributed by atoms with Gasteiger partial charge in [-0.15, -0.1) is 10.2 Å². The Bertz CT molecular complexity index is 672. The maximum atomic E-state index is 11.4. The molecule has 2 aromatic heterocycles. The number of aromatic carboxylic acids is 1. The van der Waals surface area contributed by atoms with Crippen molar-refractivity contribution >= 4 is 11.6 Å². The first-order valence-corrected chi connectivity index (χ1v) is 7.86. The maximum Gasteiger partial charge on any atom is 0.352 e. The normalized spacial score (nSPS) is 17.4. The molecule has 0 bridgehead atoms. The monoisotopic (exact) mass is 302 g/mol. The first kappa shape index (κ1) is 15.0. The predicted octanol–water partition coefficient (Wildman–Crippen LogP) is 2.09. The molecule has 6 heteroatoms. The molecule has 1 aliphatic rings. The number of likely N-dealkylation sites (tertiary alicyclic amines) is 1. The fraction of sp³-hybridized carbons (Fsp3) is 0.562. The zero-order valence-electron chi connectivity index (χ0n) is 13.1. The second kappa shape index (κ2) is 6.04. The van der Waals surface area contributed by atoms with Gasteiger partial charge in [0, 0.05) is 12.5 Å². The van der Waals surface area contributed by atoms with Crippen molar-refractivity contribution in [2.45, 2.75) is 39.2 Å². The van der Waals surface area contributed by atoms with Crippen molar-refractivity contribution in [1.29, 1.82) is 0 Å². The van der Waals surface area contributed by atoms with E-state index in [1.807, 2.05) is 0 Å². The second-order valence-corrected chi connectivity index (χ2v) is 6.30. The molecule has 2 aromatic rings. The van der Waals surface area contributed by atoms with E-state index in [0.29, 0.717) is 17.6 Å². The molecule has 0 atom stereocenters. The lowest BCUT2D eigenvalue weighted by atomic mass is 9.92. The van der Waals surface area contributed by atoms with E-state index in [1.54, 1.807) is 22.6 Å². The molecule has 0 amide bonds. The third kappa shape index (κ3) is 2.83. The fourth-order valence-corrected chi connectivity index (χ4v) is 3.23. The molecule has 3 heterocycles. The summed E-state index contributed by atoms with van der Waals surface area (Å²) in [7, 11) is 0. The Balaban J connectivity index is 1.79. The van der Waals surface area contributed by atoms with Crippen LogP contribution in [0.3, 0.4) is 0 Å². The van der Waals surface area contributed by atoms with Crippen molar-refractivity contribution in [2.24, 2.45) is 5.92 Å². The highest BCUT2D eigenvalue weighted by Crippen LogP contribution is 2.23. The molecule has 0 aliphatic carbocycles. The van der Waals surface area contributed by atoms with Gasteiger partial charge < -0.3 is 10.0 Å². The topological polar surface area (TPSA) is 70.7 Å². The number of pyridine rings is 1. The van der Waals surface area contributed by atoms with Crippen molar-refractivity contribution in [3.63, 3.8) is 0 Å². The van der Waals surface area contributed by atoms with Crippen LogP contribution in [0.2, 0.25) is 0 Å². The zero-order chi connectivity index (χ0) is 15.7. The molecule has 0 saturated carbocycles. The number of nitrogens with zero attached hydrogens (tertiary/aromatic N) is 4. The minimum atomic E-state index is -0.943. The number of hydrogen-bond donors (Lipinski definition) is 1. The summed E-state index contributed by atoms with van der Waals surface area (Å²) < 4.78 is 1.68. The maximum absolute atomic E-state index is 11.4. The summed E-state index contributed by atoms with van der Waals surface area (Å²) in [5, 5.41) is 17.7. The number of hydrogen-bond acceptors (Lipinski definition) is 4. The summed E-state index contributed by atoms with van der Waals surface area (Å²) in [6, 6.07) is 5.69. The molecule has 118 valence electrons. The van der Waals surface area contributed by atoms with Gasteiger partial charge in [-0.1, -0.05) is 6.07 Å². The average molecular weight is 302 g/mol. The Morgan fingerprint density at radius 1 is 1.32 bits per heavy atom. The van der Waals surface area contributed by atoms with Crippen LogP contribution in [0.15, 0.2) is 18.2 Å². The van der Waals surface area contributed by atoms with Crippen molar-refractivity contribution in [1.82, 2.24) is 19.5 Å². The van der Waals surface area contributed by atoms with Crippen LogP contribution in [-0.2, 0) is 6.42 Å². The van der Waals surface area contributed by atoms with Gasteiger partial charge in [0.05, 0.1) is 0 Å². The molecule has 0 unspecified atom stereocenters. The van der Waals surface area contributed by atoms with Crippen LogP contribution >= 0.6 is 0 Å². The molecule has 3 rings (SSSR count). The highest BCUT2D eigenvalue weighted by molar-refractivity contribution is 5.86. The Kier molecular flexibility index (Phi) is 4.11. The van der Waals surface area contributed by atoms with Gasteiger partial charge in [-0.05, 0) is 57.8 Å². The fourth-order valence-electron chi connectivity index (χ4n) is 3.23. The summed E-state index contributed by atoms with van der Waals surface area (Å²) in [4.78, 5) is 13.9. The summed E-state index contributed by atoms with van der Waals surface area (Å²) in [5.41, 5.74) is 0.839.